The molecule has 3 N–H and O–H groups in total. The van der Waals surface area contributed by atoms with Crippen LogP contribution >= 0.6 is 0 Å². The van der Waals surface area contributed by atoms with Crippen LogP contribution in [0, 0.1) is 5.92 Å². The number of nitrogens with zero attached hydrogens (tertiary/aromatic N) is 2. The van der Waals surface area contributed by atoms with Crippen molar-refractivity contribution in [1.82, 2.24) is 4.90 Å². The summed E-state index contributed by atoms with van der Waals surface area (Å²) in [7, 11) is 0. The van der Waals surface area contributed by atoms with E-state index >= 15 is 0 Å². The normalized spacial score (nSPS) is 18.9. The summed E-state index contributed by atoms with van der Waals surface area (Å²) < 4.78 is 38.0. The average molecular weight is 301 g/mol. The van der Waals surface area contributed by atoms with Crippen molar-refractivity contribution < 1.29 is 18.4 Å². The van der Waals surface area contributed by atoms with E-state index in [2.05, 4.69) is 10.1 Å². The van der Waals surface area contributed by atoms with E-state index in [0.29, 0.717) is 12.1 Å². The number of amidine groups is 1. The molecule has 0 bridgehead atoms. The second-order valence-electron chi connectivity index (χ2n) is 5.27. The number of alkyl halides is 3. The van der Waals surface area contributed by atoms with E-state index in [-0.39, 0.29) is 11.8 Å². The van der Waals surface area contributed by atoms with Gasteiger partial charge in [0, 0.05) is 12.5 Å². The molecule has 0 aromatic heterocycles. The van der Waals surface area contributed by atoms with Crippen molar-refractivity contribution in [2.45, 2.75) is 25.6 Å². The van der Waals surface area contributed by atoms with E-state index in [1.165, 1.54) is 12.1 Å². The number of oxime groups is 1. The first-order valence-electron chi connectivity index (χ1n) is 6.76. The number of benzene rings is 1. The van der Waals surface area contributed by atoms with Crippen LogP contribution in [0.2, 0.25) is 0 Å². The van der Waals surface area contributed by atoms with Crippen molar-refractivity contribution in [3.8, 4) is 0 Å². The van der Waals surface area contributed by atoms with Crippen LogP contribution < -0.4 is 5.73 Å². The van der Waals surface area contributed by atoms with E-state index in [1.807, 2.05) is 0 Å². The highest BCUT2D eigenvalue weighted by Gasteiger charge is 2.30. The average Bonchev–Trinajstić information content (AvgIpc) is 2.47. The molecule has 1 fully saturated rings. The van der Waals surface area contributed by atoms with Gasteiger partial charge in [0.05, 0.1) is 5.56 Å². The molecule has 1 aliphatic heterocycles. The highest BCUT2D eigenvalue weighted by Crippen LogP contribution is 2.30. The minimum atomic E-state index is -4.31. The molecule has 0 aliphatic carbocycles. The van der Waals surface area contributed by atoms with Gasteiger partial charge in [0.1, 0.15) is 5.84 Å². The third-order valence-electron chi connectivity index (χ3n) is 3.78. The molecule has 0 amide bonds. The van der Waals surface area contributed by atoms with E-state index in [9.17, 15) is 13.2 Å². The Morgan fingerprint density at radius 2 is 2.00 bits per heavy atom. The Bertz CT molecular complexity index is 508. The molecule has 1 aromatic rings. The zero-order valence-corrected chi connectivity index (χ0v) is 11.5. The van der Waals surface area contributed by atoms with Gasteiger partial charge in [0.25, 0.3) is 0 Å². The highest BCUT2D eigenvalue weighted by molar-refractivity contribution is 5.82. The van der Waals surface area contributed by atoms with Gasteiger partial charge in [0.15, 0.2) is 0 Å². The number of piperidine rings is 1. The first-order valence-corrected chi connectivity index (χ1v) is 6.76. The lowest BCUT2D eigenvalue weighted by atomic mass is 9.95. The van der Waals surface area contributed by atoms with Crippen molar-refractivity contribution in [2.24, 2.45) is 16.8 Å². The van der Waals surface area contributed by atoms with Crippen molar-refractivity contribution in [3.05, 3.63) is 35.4 Å². The topological polar surface area (TPSA) is 61.9 Å². The van der Waals surface area contributed by atoms with Crippen molar-refractivity contribution in [3.63, 3.8) is 0 Å². The van der Waals surface area contributed by atoms with Crippen LogP contribution in [0.25, 0.3) is 0 Å². The maximum atomic E-state index is 12.7. The predicted octanol–water partition coefficient (Wildman–Crippen LogP) is 2.66. The molecule has 2 rings (SSSR count). The molecule has 1 heterocycles. The summed E-state index contributed by atoms with van der Waals surface area (Å²) in [6.45, 7) is 1.92. The third-order valence-corrected chi connectivity index (χ3v) is 3.78. The van der Waals surface area contributed by atoms with Crippen LogP contribution in [-0.4, -0.2) is 29.0 Å². The molecule has 0 atom stereocenters. The molecule has 0 spiro atoms. The molecule has 1 aliphatic rings. The second kappa shape index (κ2) is 6.34. The lowest BCUT2D eigenvalue weighted by molar-refractivity contribution is -0.137. The Morgan fingerprint density at radius 1 is 1.33 bits per heavy atom. The Kier molecular flexibility index (Phi) is 4.72. The molecule has 21 heavy (non-hydrogen) atoms. The molecule has 4 nitrogen and oxygen atoms in total. The quantitative estimate of drug-likeness (QED) is 0.390. The number of rotatable bonds is 3. The zero-order chi connectivity index (χ0) is 15.5. The fourth-order valence-corrected chi connectivity index (χ4v) is 2.57. The van der Waals surface area contributed by atoms with Gasteiger partial charge < -0.3 is 10.9 Å². The summed E-state index contributed by atoms with van der Waals surface area (Å²) >= 11 is 0. The van der Waals surface area contributed by atoms with Gasteiger partial charge in [-0.05, 0) is 37.6 Å². The number of halogens is 3. The molecular formula is C14H18F3N3O. The van der Waals surface area contributed by atoms with Gasteiger partial charge in [-0.15, -0.1) is 0 Å². The summed E-state index contributed by atoms with van der Waals surface area (Å²) in [6.07, 6.45) is -2.82. The molecule has 0 saturated carbocycles. The fourth-order valence-electron chi connectivity index (χ4n) is 2.57. The van der Waals surface area contributed by atoms with Crippen LogP contribution in [0.3, 0.4) is 0 Å². The summed E-state index contributed by atoms with van der Waals surface area (Å²) in [5.41, 5.74) is 5.60. The predicted molar refractivity (Wildman–Crippen MR) is 72.9 cm³/mol. The summed E-state index contributed by atoms with van der Waals surface area (Å²) in [5.74, 6) is 0.279. The molecule has 0 radical (unpaired) electrons. The van der Waals surface area contributed by atoms with Crippen molar-refractivity contribution in [2.75, 3.05) is 13.1 Å². The molecule has 1 saturated heterocycles. The van der Waals surface area contributed by atoms with Crippen molar-refractivity contribution in [1.29, 1.82) is 0 Å². The maximum Gasteiger partial charge on any atom is 0.416 e. The van der Waals surface area contributed by atoms with Crippen LogP contribution in [-0.2, 0) is 12.7 Å². The van der Waals surface area contributed by atoms with Crippen LogP contribution in [0.5, 0.6) is 0 Å². The monoisotopic (exact) mass is 301 g/mol. The van der Waals surface area contributed by atoms with E-state index < -0.39 is 11.7 Å². The fraction of sp³-hybridized carbons (Fsp3) is 0.500. The molecular weight excluding hydrogens is 283 g/mol. The van der Waals surface area contributed by atoms with Gasteiger partial charge in [-0.1, -0.05) is 23.4 Å². The van der Waals surface area contributed by atoms with Crippen LogP contribution in [0.4, 0.5) is 13.2 Å². The van der Waals surface area contributed by atoms with E-state index in [4.69, 9.17) is 10.9 Å². The standard InChI is InChI=1S/C14H18F3N3O/c15-14(16,17)12-3-1-2-10(8-12)9-20-6-4-11(5-7-20)13(18)19-21/h1-3,8,11,21H,4-7,9H2,(H2,18,19). The summed E-state index contributed by atoms with van der Waals surface area (Å²) in [4.78, 5) is 2.08. The lowest BCUT2D eigenvalue weighted by Crippen LogP contribution is -2.38. The second-order valence-corrected chi connectivity index (χ2v) is 5.27. The zero-order valence-electron chi connectivity index (χ0n) is 11.5. The largest absolute Gasteiger partial charge is 0.416 e. The van der Waals surface area contributed by atoms with Gasteiger partial charge in [-0.2, -0.15) is 13.2 Å². The van der Waals surface area contributed by atoms with Gasteiger partial charge >= 0.3 is 6.18 Å². The number of likely N-dealkylation sites (tertiary alicyclic amines) is 1. The van der Waals surface area contributed by atoms with E-state index in [0.717, 1.165) is 32.0 Å². The van der Waals surface area contributed by atoms with E-state index in [1.54, 1.807) is 6.07 Å². The smallest absolute Gasteiger partial charge is 0.409 e. The SMILES string of the molecule is NC(=NO)C1CCN(Cc2cccc(C(F)(F)F)c2)CC1. The first kappa shape index (κ1) is 15.6. The molecule has 1 aromatic carbocycles. The minimum absolute atomic E-state index is 0.0489. The Morgan fingerprint density at radius 3 is 2.57 bits per heavy atom. The first-order chi connectivity index (χ1) is 9.90. The van der Waals surface area contributed by atoms with Gasteiger partial charge in [-0.3, -0.25) is 4.90 Å². The highest BCUT2D eigenvalue weighted by atomic mass is 19.4. The van der Waals surface area contributed by atoms with Gasteiger partial charge in [0.2, 0.25) is 0 Å². The Balaban J connectivity index is 1.95. The number of nitrogens with two attached hydrogens (primary N) is 1. The molecule has 7 heteroatoms. The Labute approximate surface area is 121 Å². The van der Waals surface area contributed by atoms with Crippen molar-refractivity contribution >= 4 is 5.84 Å². The summed E-state index contributed by atoms with van der Waals surface area (Å²) in [5, 5.41) is 11.6. The molecule has 116 valence electrons. The van der Waals surface area contributed by atoms with Crippen LogP contribution in [0.1, 0.15) is 24.0 Å². The third kappa shape index (κ3) is 4.10. The lowest BCUT2D eigenvalue weighted by Gasteiger charge is -2.31. The van der Waals surface area contributed by atoms with Gasteiger partial charge in [-0.25, -0.2) is 0 Å². The minimum Gasteiger partial charge on any atom is -0.409 e. The molecule has 0 unspecified atom stereocenters. The number of hydrogen-bond donors (Lipinski definition) is 2. The Hall–Kier alpha value is -1.76. The maximum absolute atomic E-state index is 12.7. The number of hydrogen-bond acceptors (Lipinski definition) is 3. The van der Waals surface area contributed by atoms with Crippen LogP contribution in [0.15, 0.2) is 29.4 Å². The summed E-state index contributed by atoms with van der Waals surface area (Å²) in [6, 6.07) is 5.40.